The van der Waals surface area contributed by atoms with E-state index in [1.807, 2.05) is 29.2 Å². The fraction of sp³-hybridized carbons (Fsp3) is 0.435. The summed E-state index contributed by atoms with van der Waals surface area (Å²) in [4.78, 5) is 17.2. The number of hydrogen-bond donors (Lipinski definition) is 2. The zero-order valence-corrected chi connectivity index (χ0v) is 17.2. The molecule has 2 aliphatic heterocycles. The van der Waals surface area contributed by atoms with Crippen LogP contribution in [0.5, 0.6) is 5.75 Å². The second-order valence-corrected chi connectivity index (χ2v) is 7.74. The van der Waals surface area contributed by atoms with Gasteiger partial charge in [-0.15, -0.1) is 0 Å². The third kappa shape index (κ3) is 4.45. The first kappa shape index (κ1) is 19.9. The van der Waals surface area contributed by atoms with E-state index in [1.165, 1.54) is 11.1 Å². The summed E-state index contributed by atoms with van der Waals surface area (Å²) in [5.74, 6) is 1.02. The number of rotatable bonds is 5. The SMILES string of the molecule is CCc1ccc(C(=O)N2CCN(C3CC(c4ccc(OC)cc4)NN3)CC2)cc1. The summed E-state index contributed by atoms with van der Waals surface area (Å²) >= 11 is 0. The van der Waals surface area contributed by atoms with Crippen molar-refractivity contribution in [3.8, 4) is 5.75 Å². The predicted molar refractivity (Wildman–Crippen MR) is 114 cm³/mol. The lowest BCUT2D eigenvalue weighted by atomic mass is 10.0. The van der Waals surface area contributed by atoms with Gasteiger partial charge in [0.1, 0.15) is 5.75 Å². The fourth-order valence-corrected chi connectivity index (χ4v) is 4.14. The van der Waals surface area contributed by atoms with E-state index in [4.69, 9.17) is 4.74 Å². The maximum atomic E-state index is 12.8. The number of ether oxygens (including phenoxy) is 1. The molecular weight excluding hydrogens is 364 g/mol. The van der Waals surface area contributed by atoms with Gasteiger partial charge in [-0.25, -0.2) is 10.9 Å². The lowest BCUT2D eigenvalue weighted by molar-refractivity contribution is 0.0545. The van der Waals surface area contributed by atoms with Crippen LogP contribution in [-0.2, 0) is 6.42 Å². The van der Waals surface area contributed by atoms with Crippen LogP contribution >= 0.6 is 0 Å². The first-order valence-electron chi connectivity index (χ1n) is 10.4. The molecule has 2 fully saturated rings. The quantitative estimate of drug-likeness (QED) is 0.816. The third-order valence-electron chi connectivity index (χ3n) is 6.05. The normalized spacial score (nSPS) is 22.6. The molecule has 2 atom stereocenters. The molecule has 2 unspecified atom stereocenters. The van der Waals surface area contributed by atoms with Gasteiger partial charge in [0.05, 0.1) is 13.3 Å². The Morgan fingerprint density at radius 2 is 1.69 bits per heavy atom. The smallest absolute Gasteiger partial charge is 0.253 e. The van der Waals surface area contributed by atoms with Gasteiger partial charge in [-0.3, -0.25) is 9.69 Å². The van der Waals surface area contributed by atoms with Gasteiger partial charge in [-0.2, -0.15) is 0 Å². The largest absolute Gasteiger partial charge is 0.497 e. The Kier molecular flexibility index (Phi) is 6.13. The fourth-order valence-electron chi connectivity index (χ4n) is 4.14. The minimum atomic E-state index is 0.140. The van der Waals surface area contributed by atoms with E-state index >= 15 is 0 Å². The van der Waals surface area contributed by atoms with Crippen LogP contribution in [0.4, 0.5) is 0 Å². The van der Waals surface area contributed by atoms with Crippen molar-refractivity contribution in [2.45, 2.75) is 32.0 Å². The number of benzene rings is 2. The van der Waals surface area contributed by atoms with Crippen molar-refractivity contribution in [2.75, 3.05) is 33.3 Å². The van der Waals surface area contributed by atoms with E-state index in [2.05, 4.69) is 46.9 Å². The monoisotopic (exact) mass is 394 g/mol. The molecular formula is C23H30N4O2. The van der Waals surface area contributed by atoms with Gasteiger partial charge >= 0.3 is 0 Å². The lowest BCUT2D eigenvalue weighted by Crippen LogP contribution is -2.55. The van der Waals surface area contributed by atoms with Gasteiger partial charge in [-0.1, -0.05) is 31.2 Å². The van der Waals surface area contributed by atoms with E-state index in [9.17, 15) is 4.79 Å². The van der Waals surface area contributed by atoms with Crippen molar-refractivity contribution in [3.05, 3.63) is 65.2 Å². The molecule has 2 aliphatic rings. The van der Waals surface area contributed by atoms with Crippen LogP contribution < -0.4 is 15.6 Å². The summed E-state index contributed by atoms with van der Waals surface area (Å²) in [5, 5.41) is 0. The van der Waals surface area contributed by atoms with Gasteiger partial charge in [0, 0.05) is 37.8 Å². The standard InChI is InChI=1S/C23H30N4O2/c1-3-17-4-6-19(7-5-17)23(28)27-14-12-26(13-15-27)22-16-21(24-25-22)18-8-10-20(29-2)11-9-18/h4-11,21-22,24-25H,3,12-16H2,1-2H3. The van der Waals surface area contributed by atoms with Crippen LogP contribution in [0.15, 0.2) is 48.5 Å². The number of carbonyl (C=O) groups excluding carboxylic acids is 1. The zero-order chi connectivity index (χ0) is 20.2. The average molecular weight is 395 g/mol. The maximum Gasteiger partial charge on any atom is 0.253 e. The van der Waals surface area contributed by atoms with Crippen molar-refractivity contribution in [1.29, 1.82) is 0 Å². The van der Waals surface area contributed by atoms with E-state index in [0.29, 0.717) is 0 Å². The maximum absolute atomic E-state index is 12.8. The van der Waals surface area contributed by atoms with Gasteiger partial charge in [0.25, 0.3) is 5.91 Å². The molecule has 2 N–H and O–H groups in total. The highest BCUT2D eigenvalue weighted by Crippen LogP contribution is 2.26. The number of methoxy groups -OCH3 is 1. The molecule has 0 saturated carbocycles. The summed E-state index contributed by atoms with van der Waals surface area (Å²) in [5.41, 5.74) is 10.2. The number of nitrogens with zero attached hydrogens (tertiary/aromatic N) is 2. The number of aryl methyl sites for hydroxylation is 1. The molecule has 29 heavy (non-hydrogen) atoms. The molecule has 0 bridgehead atoms. The Balaban J connectivity index is 1.29. The lowest BCUT2D eigenvalue weighted by Gasteiger charge is -2.37. The molecule has 0 radical (unpaired) electrons. The van der Waals surface area contributed by atoms with Crippen LogP contribution in [0.2, 0.25) is 0 Å². The highest BCUT2D eigenvalue weighted by molar-refractivity contribution is 5.94. The van der Waals surface area contributed by atoms with Crippen LogP contribution in [0.25, 0.3) is 0 Å². The molecule has 154 valence electrons. The van der Waals surface area contributed by atoms with E-state index in [0.717, 1.165) is 50.3 Å². The van der Waals surface area contributed by atoms with Gasteiger partial charge in [0.2, 0.25) is 0 Å². The number of nitrogens with one attached hydrogen (secondary N) is 2. The predicted octanol–water partition coefficient (Wildman–Crippen LogP) is 2.58. The first-order valence-corrected chi connectivity index (χ1v) is 10.4. The van der Waals surface area contributed by atoms with Crippen LogP contribution in [-0.4, -0.2) is 55.2 Å². The molecule has 0 aliphatic carbocycles. The Morgan fingerprint density at radius 3 is 2.31 bits per heavy atom. The summed E-state index contributed by atoms with van der Waals surface area (Å²) < 4.78 is 5.24. The van der Waals surface area contributed by atoms with Gasteiger partial charge in [-0.05, 0) is 48.2 Å². The Labute approximate surface area is 172 Å². The highest BCUT2D eigenvalue weighted by atomic mass is 16.5. The molecule has 2 aromatic rings. The van der Waals surface area contributed by atoms with Crippen molar-refractivity contribution >= 4 is 5.91 Å². The molecule has 1 amide bonds. The van der Waals surface area contributed by atoms with E-state index in [-0.39, 0.29) is 18.1 Å². The van der Waals surface area contributed by atoms with Crippen LogP contribution in [0.1, 0.15) is 40.9 Å². The second-order valence-electron chi connectivity index (χ2n) is 7.74. The van der Waals surface area contributed by atoms with Crippen LogP contribution in [0, 0.1) is 0 Å². The summed E-state index contributed by atoms with van der Waals surface area (Å²) in [7, 11) is 1.69. The van der Waals surface area contributed by atoms with E-state index in [1.54, 1.807) is 7.11 Å². The molecule has 2 saturated heterocycles. The minimum Gasteiger partial charge on any atom is -0.497 e. The number of hydrogen-bond acceptors (Lipinski definition) is 5. The number of hydrazine groups is 1. The highest BCUT2D eigenvalue weighted by Gasteiger charge is 2.32. The van der Waals surface area contributed by atoms with Gasteiger partial charge in [0.15, 0.2) is 0 Å². The number of piperazine rings is 1. The molecule has 6 nitrogen and oxygen atoms in total. The second kappa shape index (κ2) is 8.95. The van der Waals surface area contributed by atoms with Crippen molar-refractivity contribution < 1.29 is 9.53 Å². The van der Waals surface area contributed by atoms with Crippen LogP contribution in [0.3, 0.4) is 0 Å². The number of carbonyl (C=O) groups is 1. The summed E-state index contributed by atoms with van der Waals surface area (Å²) in [6.07, 6.45) is 2.27. The average Bonchev–Trinajstić information content (AvgIpc) is 3.29. The zero-order valence-electron chi connectivity index (χ0n) is 17.2. The Hall–Kier alpha value is -2.41. The molecule has 6 heteroatoms. The molecule has 2 heterocycles. The van der Waals surface area contributed by atoms with Crippen molar-refractivity contribution in [1.82, 2.24) is 20.7 Å². The number of amides is 1. The third-order valence-corrected chi connectivity index (χ3v) is 6.05. The summed E-state index contributed by atoms with van der Waals surface area (Å²) in [6, 6.07) is 16.5. The molecule has 2 aromatic carbocycles. The van der Waals surface area contributed by atoms with Gasteiger partial charge < -0.3 is 9.64 Å². The first-order chi connectivity index (χ1) is 14.2. The summed E-state index contributed by atoms with van der Waals surface area (Å²) in [6.45, 7) is 5.42. The molecule has 4 rings (SSSR count). The molecule has 0 aromatic heterocycles. The minimum absolute atomic E-state index is 0.140. The van der Waals surface area contributed by atoms with Crippen molar-refractivity contribution in [2.24, 2.45) is 0 Å². The Bertz CT molecular complexity index is 814. The molecule has 0 spiro atoms. The topological polar surface area (TPSA) is 56.8 Å². The van der Waals surface area contributed by atoms with E-state index < -0.39 is 0 Å². The Morgan fingerprint density at radius 1 is 1.00 bits per heavy atom. The van der Waals surface area contributed by atoms with Crippen molar-refractivity contribution in [3.63, 3.8) is 0 Å².